The first kappa shape index (κ1) is 16.2. The molecule has 112 valence electrons. The van der Waals surface area contributed by atoms with Gasteiger partial charge in [0.2, 0.25) is 5.91 Å². The molecule has 0 aromatic carbocycles. The minimum Gasteiger partial charge on any atom is -0.383 e. The fourth-order valence-corrected chi connectivity index (χ4v) is 1.75. The number of nitrogens with two attached hydrogens (primary N) is 1. The molecule has 0 aliphatic rings. The van der Waals surface area contributed by atoms with Gasteiger partial charge in [-0.3, -0.25) is 4.79 Å². The van der Waals surface area contributed by atoms with Crippen LogP contribution in [0.5, 0.6) is 0 Å². The van der Waals surface area contributed by atoms with Crippen LogP contribution in [0.15, 0.2) is 6.33 Å². The summed E-state index contributed by atoms with van der Waals surface area (Å²) in [5.41, 5.74) is 6.75. The highest BCUT2D eigenvalue weighted by Gasteiger charge is 2.08. The van der Waals surface area contributed by atoms with Crippen LogP contribution in [0.25, 0.3) is 0 Å². The van der Waals surface area contributed by atoms with E-state index in [2.05, 4.69) is 27.5 Å². The van der Waals surface area contributed by atoms with Gasteiger partial charge in [0.1, 0.15) is 18.0 Å². The minimum absolute atomic E-state index is 0.0198. The number of ether oxygens (including phenoxy) is 1. The van der Waals surface area contributed by atoms with Crippen LogP contribution >= 0.6 is 0 Å². The molecule has 0 saturated heterocycles. The first-order valence-electron chi connectivity index (χ1n) is 6.77. The van der Waals surface area contributed by atoms with Crippen LogP contribution in [0, 0.1) is 0 Å². The summed E-state index contributed by atoms with van der Waals surface area (Å²) >= 11 is 0. The van der Waals surface area contributed by atoms with Gasteiger partial charge >= 0.3 is 0 Å². The quantitative estimate of drug-likeness (QED) is 0.572. The van der Waals surface area contributed by atoms with Crippen molar-refractivity contribution in [2.45, 2.75) is 26.2 Å². The molecule has 1 aromatic rings. The lowest BCUT2D eigenvalue weighted by Gasteiger charge is -2.11. The zero-order valence-electron chi connectivity index (χ0n) is 12.1. The first-order valence-corrected chi connectivity index (χ1v) is 6.77. The van der Waals surface area contributed by atoms with Gasteiger partial charge in [0, 0.05) is 32.2 Å². The Bertz CT molecular complexity index is 425. The maximum atomic E-state index is 11.5. The predicted molar refractivity (Wildman–Crippen MR) is 78.4 cm³/mol. The molecule has 0 bridgehead atoms. The average molecular weight is 281 g/mol. The van der Waals surface area contributed by atoms with Crippen molar-refractivity contribution in [3.05, 3.63) is 11.9 Å². The molecule has 1 amide bonds. The summed E-state index contributed by atoms with van der Waals surface area (Å²) in [4.78, 5) is 19.7. The van der Waals surface area contributed by atoms with Crippen molar-refractivity contribution in [3.63, 3.8) is 0 Å². The van der Waals surface area contributed by atoms with Gasteiger partial charge in [0.05, 0.1) is 6.61 Å². The van der Waals surface area contributed by atoms with E-state index in [-0.39, 0.29) is 5.91 Å². The number of nitrogens with one attached hydrogen (secondary N) is 2. The molecule has 0 radical (unpaired) electrons. The number of nitrogens with zero attached hydrogens (tertiary/aromatic N) is 2. The molecule has 0 fully saturated rings. The maximum Gasteiger partial charge on any atom is 0.221 e. The second-order valence-corrected chi connectivity index (χ2v) is 4.36. The number of amides is 1. The fourth-order valence-electron chi connectivity index (χ4n) is 1.75. The van der Waals surface area contributed by atoms with Crippen LogP contribution in [0.1, 0.15) is 25.3 Å². The number of nitrogen functional groups attached to an aromatic ring is 1. The van der Waals surface area contributed by atoms with Crippen LogP contribution in [0.2, 0.25) is 0 Å². The Labute approximate surface area is 119 Å². The number of rotatable bonds is 9. The summed E-state index contributed by atoms with van der Waals surface area (Å²) < 4.78 is 4.86. The molecule has 0 saturated carbocycles. The Balaban J connectivity index is 2.41. The molecular weight excluding hydrogens is 258 g/mol. The summed E-state index contributed by atoms with van der Waals surface area (Å²) in [5, 5.41) is 5.90. The Morgan fingerprint density at radius 1 is 1.40 bits per heavy atom. The van der Waals surface area contributed by atoms with Gasteiger partial charge in [-0.25, -0.2) is 9.97 Å². The van der Waals surface area contributed by atoms with E-state index in [0.717, 1.165) is 18.4 Å². The molecule has 0 unspecified atom stereocenters. The number of carbonyl (C=O) groups excluding carboxylic acids is 1. The number of aromatic nitrogens is 2. The first-order chi connectivity index (χ1) is 9.69. The third-order valence-corrected chi connectivity index (χ3v) is 2.75. The number of hydrogen-bond acceptors (Lipinski definition) is 6. The smallest absolute Gasteiger partial charge is 0.221 e. The number of anilines is 2. The van der Waals surface area contributed by atoms with Gasteiger partial charge in [-0.05, 0) is 6.42 Å². The number of hydrogen-bond donors (Lipinski definition) is 3. The molecule has 0 aliphatic heterocycles. The second-order valence-electron chi connectivity index (χ2n) is 4.36. The lowest BCUT2D eigenvalue weighted by molar-refractivity contribution is -0.121. The van der Waals surface area contributed by atoms with Crippen molar-refractivity contribution in [1.29, 1.82) is 0 Å². The molecule has 0 spiro atoms. The third kappa shape index (κ3) is 5.40. The molecule has 1 heterocycles. The predicted octanol–water partition coefficient (Wildman–Crippen LogP) is 0.576. The van der Waals surface area contributed by atoms with Crippen molar-refractivity contribution < 1.29 is 9.53 Å². The summed E-state index contributed by atoms with van der Waals surface area (Å²) in [5.74, 6) is 1.19. The van der Waals surface area contributed by atoms with Crippen molar-refractivity contribution in [3.8, 4) is 0 Å². The molecule has 20 heavy (non-hydrogen) atoms. The monoisotopic (exact) mass is 281 g/mol. The van der Waals surface area contributed by atoms with Crippen LogP contribution < -0.4 is 16.4 Å². The highest BCUT2D eigenvalue weighted by Crippen LogP contribution is 2.18. The Morgan fingerprint density at radius 2 is 2.20 bits per heavy atom. The minimum atomic E-state index is -0.0198. The van der Waals surface area contributed by atoms with Gasteiger partial charge in [0.25, 0.3) is 0 Å². The lowest BCUT2D eigenvalue weighted by Crippen LogP contribution is -2.28. The van der Waals surface area contributed by atoms with E-state index in [9.17, 15) is 4.79 Å². The summed E-state index contributed by atoms with van der Waals surface area (Å²) in [7, 11) is 1.60. The number of methoxy groups -OCH3 is 1. The average Bonchev–Trinajstić information content (AvgIpc) is 2.43. The molecule has 7 heteroatoms. The van der Waals surface area contributed by atoms with Crippen molar-refractivity contribution >= 4 is 17.5 Å². The van der Waals surface area contributed by atoms with Crippen molar-refractivity contribution in [2.75, 3.05) is 37.9 Å². The number of carbonyl (C=O) groups is 1. The Hall–Kier alpha value is -1.89. The van der Waals surface area contributed by atoms with Crippen LogP contribution in [0.3, 0.4) is 0 Å². The van der Waals surface area contributed by atoms with Crippen LogP contribution in [0.4, 0.5) is 11.6 Å². The fraction of sp³-hybridized carbons (Fsp3) is 0.615. The second kappa shape index (κ2) is 9.08. The highest BCUT2D eigenvalue weighted by molar-refractivity contribution is 5.76. The maximum absolute atomic E-state index is 11.5. The van der Waals surface area contributed by atoms with E-state index in [1.165, 1.54) is 6.33 Å². The zero-order valence-corrected chi connectivity index (χ0v) is 12.1. The largest absolute Gasteiger partial charge is 0.383 e. The van der Waals surface area contributed by atoms with Gasteiger partial charge in [-0.2, -0.15) is 0 Å². The molecule has 4 N–H and O–H groups in total. The van der Waals surface area contributed by atoms with Gasteiger partial charge < -0.3 is 21.1 Å². The van der Waals surface area contributed by atoms with Gasteiger partial charge in [-0.15, -0.1) is 0 Å². The van der Waals surface area contributed by atoms with Crippen LogP contribution in [-0.4, -0.2) is 42.7 Å². The van der Waals surface area contributed by atoms with Crippen molar-refractivity contribution in [1.82, 2.24) is 15.3 Å². The summed E-state index contributed by atoms with van der Waals surface area (Å²) in [6.45, 7) is 3.62. The van der Waals surface area contributed by atoms with Crippen LogP contribution in [-0.2, 0) is 16.0 Å². The molecule has 0 aliphatic carbocycles. The van der Waals surface area contributed by atoms with E-state index < -0.39 is 0 Å². The van der Waals surface area contributed by atoms with Crippen molar-refractivity contribution in [2.24, 2.45) is 0 Å². The highest BCUT2D eigenvalue weighted by atomic mass is 16.5. The summed E-state index contributed by atoms with van der Waals surface area (Å²) in [6.07, 6.45) is 3.58. The topological polar surface area (TPSA) is 102 Å². The lowest BCUT2D eigenvalue weighted by atomic mass is 10.1. The zero-order chi connectivity index (χ0) is 14.8. The molecule has 0 atom stereocenters. The SMILES string of the molecule is CCCc1c(N)ncnc1NCCC(=O)NCCOC. The van der Waals surface area contributed by atoms with E-state index in [1.54, 1.807) is 7.11 Å². The van der Waals surface area contributed by atoms with Gasteiger partial charge in [0.15, 0.2) is 0 Å². The standard InChI is InChI=1S/C13H23N5O2/c1-3-4-10-12(14)17-9-18-13(10)16-6-5-11(19)15-7-8-20-2/h9H,3-8H2,1-2H3,(H,15,19)(H3,14,16,17,18). The van der Waals surface area contributed by atoms with Gasteiger partial charge in [-0.1, -0.05) is 13.3 Å². The van der Waals surface area contributed by atoms with E-state index in [1.807, 2.05) is 0 Å². The Kier molecular flexibility index (Phi) is 7.34. The molecule has 7 nitrogen and oxygen atoms in total. The summed E-state index contributed by atoms with van der Waals surface area (Å²) in [6, 6.07) is 0. The van der Waals surface area contributed by atoms with E-state index >= 15 is 0 Å². The van der Waals surface area contributed by atoms with E-state index in [0.29, 0.717) is 37.8 Å². The molecule has 1 rings (SSSR count). The normalized spacial score (nSPS) is 10.3. The Morgan fingerprint density at radius 3 is 2.90 bits per heavy atom. The molecule has 1 aromatic heterocycles. The molecular formula is C13H23N5O2. The third-order valence-electron chi connectivity index (χ3n) is 2.75. The van der Waals surface area contributed by atoms with E-state index in [4.69, 9.17) is 10.5 Å².